The molecule has 0 aliphatic carbocycles. The summed E-state index contributed by atoms with van der Waals surface area (Å²) in [5.74, 6) is 1.03. The molecule has 0 spiro atoms. The number of ether oxygens (including phenoxy) is 1. The number of carbonyl (C=O) groups is 1. The van der Waals surface area contributed by atoms with E-state index in [1.165, 1.54) is 0 Å². The van der Waals surface area contributed by atoms with Crippen LogP contribution in [0.4, 0.5) is 0 Å². The molecule has 2 aromatic heterocycles. The Morgan fingerprint density at radius 1 is 1.14 bits per heavy atom. The molecule has 0 bridgehead atoms. The van der Waals surface area contributed by atoms with Crippen molar-refractivity contribution < 1.29 is 9.53 Å². The maximum absolute atomic E-state index is 13.0. The van der Waals surface area contributed by atoms with Gasteiger partial charge in [0, 0.05) is 29.8 Å². The van der Waals surface area contributed by atoms with Gasteiger partial charge in [-0.2, -0.15) is 5.10 Å². The molecule has 2 aromatic carbocycles. The predicted octanol–water partition coefficient (Wildman–Crippen LogP) is 3.16. The summed E-state index contributed by atoms with van der Waals surface area (Å²) in [4.78, 5) is 22.4. The monoisotopic (exact) mass is 373 g/mol. The van der Waals surface area contributed by atoms with Crippen LogP contribution in [0.5, 0.6) is 5.75 Å². The second-order valence-corrected chi connectivity index (χ2v) is 6.81. The molecule has 1 amide bonds. The average Bonchev–Trinajstić information content (AvgIpc) is 3.36. The maximum Gasteiger partial charge on any atom is 0.289 e. The van der Waals surface area contributed by atoms with Gasteiger partial charge in [-0.3, -0.25) is 9.89 Å². The largest absolute Gasteiger partial charge is 0.496 e. The first-order chi connectivity index (χ1) is 13.7. The zero-order chi connectivity index (χ0) is 19.1. The Morgan fingerprint density at radius 3 is 2.82 bits per heavy atom. The summed E-state index contributed by atoms with van der Waals surface area (Å²) in [5.41, 5.74) is 5.49. The molecule has 7 nitrogen and oxygen atoms in total. The quantitative estimate of drug-likeness (QED) is 0.577. The van der Waals surface area contributed by atoms with E-state index in [1.54, 1.807) is 7.11 Å². The van der Waals surface area contributed by atoms with Gasteiger partial charge in [-0.15, -0.1) is 0 Å². The number of nitrogens with zero attached hydrogens (tertiary/aromatic N) is 3. The van der Waals surface area contributed by atoms with Gasteiger partial charge in [-0.25, -0.2) is 4.98 Å². The number of H-pyrrole nitrogens is 2. The Hall–Kier alpha value is -3.61. The van der Waals surface area contributed by atoms with Crippen LogP contribution in [0.2, 0.25) is 0 Å². The van der Waals surface area contributed by atoms with Crippen molar-refractivity contribution in [2.24, 2.45) is 0 Å². The van der Waals surface area contributed by atoms with Crippen molar-refractivity contribution in [3.05, 3.63) is 65.6 Å². The fourth-order valence-electron chi connectivity index (χ4n) is 3.74. The molecule has 0 unspecified atom stereocenters. The molecule has 140 valence electrons. The van der Waals surface area contributed by atoms with Crippen LogP contribution in [0.25, 0.3) is 22.3 Å². The van der Waals surface area contributed by atoms with E-state index in [2.05, 4.69) is 20.2 Å². The average molecular weight is 373 g/mol. The van der Waals surface area contributed by atoms with Gasteiger partial charge in [0.15, 0.2) is 5.82 Å². The minimum atomic E-state index is -0.103. The zero-order valence-corrected chi connectivity index (χ0v) is 15.4. The van der Waals surface area contributed by atoms with E-state index in [4.69, 9.17) is 4.74 Å². The first-order valence-corrected chi connectivity index (χ1v) is 9.18. The Morgan fingerprint density at radius 2 is 1.96 bits per heavy atom. The van der Waals surface area contributed by atoms with Crippen molar-refractivity contribution in [2.75, 3.05) is 13.7 Å². The molecule has 2 N–H and O–H groups in total. The maximum atomic E-state index is 13.0. The summed E-state index contributed by atoms with van der Waals surface area (Å²) in [6.07, 6.45) is 0.726. The lowest BCUT2D eigenvalue weighted by Gasteiger charge is -2.26. The second kappa shape index (κ2) is 6.53. The highest BCUT2D eigenvalue weighted by atomic mass is 16.5. The van der Waals surface area contributed by atoms with Crippen molar-refractivity contribution >= 4 is 16.9 Å². The number of aromatic amines is 2. The molecule has 5 rings (SSSR count). The summed E-state index contributed by atoms with van der Waals surface area (Å²) < 4.78 is 5.49. The molecule has 1 aliphatic heterocycles. The minimum Gasteiger partial charge on any atom is -0.496 e. The number of benzene rings is 2. The topological polar surface area (TPSA) is 86.9 Å². The van der Waals surface area contributed by atoms with Gasteiger partial charge in [-0.05, 0) is 24.3 Å². The Balaban J connectivity index is 1.48. The van der Waals surface area contributed by atoms with Gasteiger partial charge in [0.1, 0.15) is 11.4 Å². The van der Waals surface area contributed by atoms with Crippen LogP contribution >= 0.6 is 0 Å². The Kier molecular flexibility index (Phi) is 3.86. The number of carbonyl (C=O) groups excluding carboxylic acids is 1. The number of amides is 1. The van der Waals surface area contributed by atoms with Crippen LogP contribution in [-0.4, -0.2) is 44.6 Å². The second-order valence-electron chi connectivity index (χ2n) is 6.81. The van der Waals surface area contributed by atoms with Crippen molar-refractivity contribution in [3.8, 4) is 17.0 Å². The number of fused-ring (bicyclic) bond motifs is 2. The number of hydrogen-bond acceptors (Lipinski definition) is 4. The van der Waals surface area contributed by atoms with Gasteiger partial charge >= 0.3 is 0 Å². The van der Waals surface area contributed by atoms with Crippen LogP contribution in [-0.2, 0) is 13.0 Å². The lowest BCUT2D eigenvalue weighted by molar-refractivity contribution is 0.0723. The summed E-state index contributed by atoms with van der Waals surface area (Å²) in [5, 5.41) is 7.64. The van der Waals surface area contributed by atoms with Crippen LogP contribution < -0.4 is 4.74 Å². The fraction of sp³-hybridized carbons (Fsp3) is 0.190. The summed E-state index contributed by atoms with van der Waals surface area (Å²) >= 11 is 0. The molecular weight excluding hydrogens is 354 g/mol. The SMILES string of the molecule is COc1ccccc1-c1n[nH]c2c1CN(C(=O)c1nc3ccccc3[nH]1)CC2. The third-order valence-corrected chi connectivity index (χ3v) is 5.17. The van der Waals surface area contributed by atoms with E-state index in [9.17, 15) is 4.79 Å². The third-order valence-electron chi connectivity index (χ3n) is 5.17. The first kappa shape index (κ1) is 16.6. The van der Waals surface area contributed by atoms with Gasteiger partial charge in [0.25, 0.3) is 5.91 Å². The van der Waals surface area contributed by atoms with Crippen molar-refractivity contribution in [1.29, 1.82) is 0 Å². The molecule has 7 heteroatoms. The van der Waals surface area contributed by atoms with E-state index in [0.29, 0.717) is 18.9 Å². The van der Waals surface area contributed by atoms with E-state index >= 15 is 0 Å². The van der Waals surface area contributed by atoms with Crippen molar-refractivity contribution in [1.82, 2.24) is 25.1 Å². The molecule has 0 fully saturated rings. The highest BCUT2D eigenvalue weighted by Gasteiger charge is 2.28. The van der Waals surface area contributed by atoms with E-state index < -0.39 is 0 Å². The normalized spacial score (nSPS) is 13.5. The first-order valence-electron chi connectivity index (χ1n) is 9.18. The molecule has 0 radical (unpaired) electrons. The standard InChI is InChI=1S/C21H19N5O2/c1-28-18-9-5-2-6-13(18)19-14-12-26(11-10-15(14)24-25-19)21(27)20-22-16-7-3-4-8-17(16)23-20/h2-9H,10-12H2,1H3,(H,22,23)(H,24,25). The highest BCUT2D eigenvalue weighted by molar-refractivity contribution is 5.94. The van der Waals surface area contributed by atoms with Crippen molar-refractivity contribution in [2.45, 2.75) is 13.0 Å². The molecular formula is C21H19N5O2. The van der Waals surface area contributed by atoms with Gasteiger partial charge < -0.3 is 14.6 Å². The molecule has 0 saturated carbocycles. The third kappa shape index (κ3) is 2.63. The lowest BCUT2D eigenvalue weighted by atomic mass is 10.0. The zero-order valence-electron chi connectivity index (χ0n) is 15.4. The molecule has 1 aliphatic rings. The van der Waals surface area contributed by atoms with Gasteiger partial charge in [0.2, 0.25) is 0 Å². The van der Waals surface area contributed by atoms with Crippen LogP contribution in [0.3, 0.4) is 0 Å². The molecule has 4 aromatic rings. The lowest BCUT2D eigenvalue weighted by Crippen LogP contribution is -2.36. The number of nitrogens with one attached hydrogen (secondary N) is 2. The summed E-state index contributed by atoms with van der Waals surface area (Å²) in [6, 6.07) is 15.4. The summed E-state index contributed by atoms with van der Waals surface area (Å²) in [7, 11) is 1.65. The van der Waals surface area contributed by atoms with Crippen molar-refractivity contribution in [3.63, 3.8) is 0 Å². The smallest absolute Gasteiger partial charge is 0.289 e. The van der Waals surface area contributed by atoms with E-state index in [-0.39, 0.29) is 5.91 Å². The van der Waals surface area contributed by atoms with E-state index in [0.717, 1.165) is 45.7 Å². The molecule has 0 saturated heterocycles. The Bertz CT molecular complexity index is 1140. The highest BCUT2D eigenvalue weighted by Crippen LogP contribution is 2.34. The summed E-state index contributed by atoms with van der Waals surface area (Å²) in [6.45, 7) is 1.10. The number of imidazole rings is 1. The van der Waals surface area contributed by atoms with Gasteiger partial charge in [0.05, 0.1) is 24.7 Å². The minimum absolute atomic E-state index is 0.103. The number of para-hydroxylation sites is 3. The fourth-order valence-corrected chi connectivity index (χ4v) is 3.74. The predicted molar refractivity (Wildman–Crippen MR) is 105 cm³/mol. The molecule has 28 heavy (non-hydrogen) atoms. The molecule has 0 atom stereocenters. The van der Waals surface area contributed by atoms with Crippen LogP contribution in [0.15, 0.2) is 48.5 Å². The number of hydrogen-bond donors (Lipinski definition) is 2. The van der Waals surface area contributed by atoms with Crippen LogP contribution in [0.1, 0.15) is 21.9 Å². The number of rotatable bonds is 3. The Labute approximate surface area is 161 Å². The molecule has 3 heterocycles. The number of aromatic nitrogens is 4. The van der Waals surface area contributed by atoms with Gasteiger partial charge in [-0.1, -0.05) is 24.3 Å². The van der Waals surface area contributed by atoms with Crippen LogP contribution in [0, 0.1) is 0 Å². The van der Waals surface area contributed by atoms with E-state index in [1.807, 2.05) is 53.4 Å². The number of methoxy groups -OCH3 is 1.